The maximum absolute atomic E-state index is 4.25. The summed E-state index contributed by atoms with van der Waals surface area (Å²) in [5.74, 6) is 0. The second-order valence-electron chi connectivity index (χ2n) is 2.90. The van der Waals surface area contributed by atoms with Gasteiger partial charge < -0.3 is 4.57 Å². The van der Waals surface area contributed by atoms with Gasteiger partial charge in [0.2, 0.25) is 0 Å². The van der Waals surface area contributed by atoms with Crippen LogP contribution in [0.4, 0.5) is 0 Å². The van der Waals surface area contributed by atoms with Crippen molar-refractivity contribution in [1.29, 1.82) is 0 Å². The van der Waals surface area contributed by atoms with Crippen molar-refractivity contribution in [3.05, 3.63) is 39.0 Å². The van der Waals surface area contributed by atoms with E-state index in [1.54, 1.807) is 11.3 Å². The number of hydrogen-bond acceptors (Lipinski definition) is 2. The number of thiophene rings is 1. The number of hydrogen-bond donors (Lipinski definition) is 0. The third-order valence-corrected chi connectivity index (χ3v) is 4.04. The standard InChI is InChI=1S/C9H8Br2N2S/c10-2-8-3-13(6-12-8)4-9-1-7(11)5-14-9/h1,3,5-6H,2,4H2. The summed E-state index contributed by atoms with van der Waals surface area (Å²) in [6.07, 6.45) is 3.92. The van der Waals surface area contributed by atoms with E-state index in [9.17, 15) is 0 Å². The van der Waals surface area contributed by atoms with Crippen LogP contribution < -0.4 is 0 Å². The summed E-state index contributed by atoms with van der Waals surface area (Å²) in [6.45, 7) is 0.899. The lowest BCUT2D eigenvalue weighted by Crippen LogP contribution is -1.93. The molecule has 0 atom stereocenters. The monoisotopic (exact) mass is 334 g/mol. The molecule has 74 valence electrons. The molecular formula is C9H8Br2N2S. The van der Waals surface area contributed by atoms with Gasteiger partial charge in [0.25, 0.3) is 0 Å². The molecule has 5 heteroatoms. The lowest BCUT2D eigenvalue weighted by atomic mass is 10.4. The normalized spacial score (nSPS) is 10.7. The SMILES string of the molecule is BrCc1cn(Cc2cc(Br)cs2)cn1. The van der Waals surface area contributed by atoms with Gasteiger partial charge in [-0.3, -0.25) is 0 Å². The molecule has 0 aromatic carbocycles. The molecule has 2 rings (SSSR count). The zero-order valence-corrected chi connectivity index (χ0v) is 11.3. The minimum absolute atomic E-state index is 0.814. The minimum Gasteiger partial charge on any atom is -0.332 e. The molecule has 0 saturated carbocycles. The largest absolute Gasteiger partial charge is 0.332 e. The Balaban J connectivity index is 2.10. The second kappa shape index (κ2) is 4.59. The van der Waals surface area contributed by atoms with Crippen molar-refractivity contribution in [2.24, 2.45) is 0 Å². The molecule has 0 unspecified atom stereocenters. The van der Waals surface area contributed by atoms with E-state index in [1.807, 2.05) is 6.33 Å². The van der Waals surface area contributed by atoms with Crippen LogP contribution in [-0.4, -0.2) is 9.55 Å². The van der Waals surface area contributed by atoms with Gasteiger partial charge in [-0.05, 0) is 22.0 Å². The maximum Gasteiger partial charge on any atom is 0.0953 e. The fraction of sp³-hybridized carbons (Fsp3) is 0.222. The first-order valence-electron chi connectivity index (χ1n) is 4.07. The number of imidazole rings is 1. The zero-order valence-electron chi connectivity index (χ0n) is 7.28. The van der Waals surface area contributed by atoms with Crippen LogP contribution in [0, 0.1) is 0 Å². The maximum atomic E-state index is 4.25. The van der Waals surface area contributed by atoms with Gasteiger partial charge in [-0.2, -0.15) is 0 Å². The Labute approximate surface area is 103 Å². The van der Waals surface area contributed by atoms with Crippen LogP contribution in [0.3, 0.4) is 0 Å². The Kier molecular flexibility index (Phi) is 3.41. The Hall–Kier alpha value is -0.130. The van der Waals surface area contributed by atoms with Gasteiger partial charge >= 0.3 is 0 Å². The van der Waals surface area contributed by atoms with Crippen LogP contribution >= 0.6 is 43.2 Å². The lowest BCUT2D eigenvalue weighted by molar-refractivity contribution is 0.809. The summed E-state index contributed by atoms with van der Waals surface area (Å²) in [7, 11) is 0. The van der Waals surface area contributed by atoms with Gasteiger partial charge in [-0.15, -0.1) is 11.3 Å². The molecule has 0 fully saturated rings. The Morgan fingerprint density at radius 2 is 2.36 bits per heavy atom. The first kappa shape index (κ1) is 10.4. The Morgan fingerprint density at radius 3 is 2.93 bits per heavy atom. The van der Waals surface area contributed by atoms with Gasteiger partial charge in [0.15, 0.2) is 0 Å². The fourth-order valence-electron chi connectivity index (χ4n) is 1.18. The van der Waals surface area contributed by atoms with Crippen LogP contribution in [0.5, 0.6) is 0 Å². The lowest BCUT2D eigenvalue weighted by Gasteiger charge is -1.96. The van der Waals surface area contributed by atoms with Crippen molar-refractivity contribution >= 4 is 43.2 Å². The number of rotatable bonds is 3. The molecule has 0 aliphatic carbocycles. The number of nitrogens with zero attached hydrogens (tertiary/aromatic N) is 2. The molecule has 0 aliphatic rings. The van der Waals surface area contributed by atoms with E-state index in [-0.39, 0.29) is 0 Å². The van der Waals surface area contributed by atoms with E-state index in [2.05, 4.69) is 59.1 Å². The predicted molar refractivity (Wildman–Crippen MR) is 66.0 cm³/mol. The molecule has 2 aromatic heterocycles. The molecule has 0 spiro atoms. The summed E-state index contributed by atoms with van der Waals surface area (Å²) in [4.78, 5) is 5.58. The molecule has 0 aliphatic heterocycles. The molecule has 2 nitrogen and oxygen atoms in total. The van der Waals surface area contributed by atoms with Gasteiger partial charge in [0, 0.05) is 26.3 Å². The van der Waals surface area contributed by atoms with Crippen molar-refractivity contribution in [2.75, 3.05) is 0 Å². The van der Waals surface area contributed by atoms with Crippen LogP contribution in [0.25, 0.3) is 0 Å². The Bertz CT molecular complexity index is 422. The molecule has 14 heavy (non-hydrogen) atoms. The van der Waals surface area contributed by atoms with Gasteiger partial charge in [0.05, 0.1) is 18.6 Å². The Morgan fingerprint density at radius 1 is 1.50 bits per heavy atom. The highest BCUT2D eigenvalue weighted by Crippen LogP contribution is 2.20. The number of halogens is 2. The van der Waals surface area contributed by atoms with Crippen LogP contribution in [0.2, 0.25) is 0 Å². The highest BCUT2D eigenvalue weighted by molar-refractivity contribution is 9.10. The van der Waals surface area contributed by atoms with E-state index in [1.165, 1.54) is 4.88 Å². The third-order valence-electron chi connectivity index (χ3n) is 1.78. The van der Waals surface area contributed by atoms with Gasteiger partial charge in [0.1, 0.15) is 0 Å². The first-order chi connectivity index (χ1) is 6.78. The number of aromatic nitrogens is 2. The fourth-order valence-corrected chi connectivity index (χ4v) is 2.93. The summed E-state index contributed by atoms with van der Waals surface area (Å²) >= 11 is 8.58. The molecule has 0 saturated heterocycles. The smallest absolute Gasteiger partial charge is 0.0953 e. The quantitative estimate of drug-likeness (QED) is 0.783. The van der Waals surface area contributed by atoms with Crippen molar-refractivity contribution in [3.8, 4) is 0 Å². The van der Waals surface area contributed by atoms with Crippen LogP contribution in [0.1, 0.15) is 10.6 Å². The molecule has 0 amide bonds. The highest BCUT2D eigenvalue weighted by atomic mass is 79.9. The third kappa shape index (κ3) is 2.46. The average Bonchev–Trinajstić information content (AvgIpc) is 2.76. The van der Waals surface area contributed by atoms with Crippen molar-refractivity contribution in [1.82, 2.24) is 9.55 Å². The van der Waals surface area contributed by atoms with Crippen LogP contribution in [0.15, 0.2) is 28.4 Å². The second-order valence-corrected chi connectivity index (χ2v) is 5.37. The van der Waals surface area contributed by atoms with E-state index in [4.69, 9.17) is 0 Å². The van der Waals surface area contributed by atoms with E-state index in [0.717, 1.165) is 22.0 Å². The molecular weight excluding hydrogens is 328 g/mol. The van der Waals surface area contributed by atoms with E-state index >= 15 is 0 Å². The summed E-state index contributed by atoms with van der Waals surface area (Å²) in [6, 6.07) is 2.14. The van der Waals surface area contributed by atoms with Crippen molar-refractivity contribution in [3.63, 3.8) is 0 Å². The molecule has 0 bridgehead atoms. The molecule has 0 radical (unpaired) electrons. The molecule has 0 N–H and O–H groups in total. The zero-order chi connectivity index (χ0) is 9.97. The van der Waals surface area contributed by atoms with Gasteiger partial charge in [-0.1, -0.05) is 15.9 Å². The van der Waals surface area contributed by atoms with Crippen LogP contribution in [-0.2, 0) is 11.9 Å². The first-order valence-corrected chi connectivity index (χ1v) is 6.87. The van der Waals surface area contributed by atoms with Gasteiger partial charge in [-0.25, -0.2) is 4.98 Å². The van der Waals surface area contributed by atoms with E-state index < -0.39 is 0 Å². The number of alkyl halides is 1. The molecule has 2 aromatic rings. The molecule has 2 heterocycles. The van der Waals surface area contributed by atoms with Crippen molar-refractivity contribution < 1.29 is 0 Å². The highest BCUT2D eigenvalue weighted by Gasteiger charge is 2.00. The average molecular weight is 336 g/mol. The summed E-state index contributed by atoms with van der Waals surface area (Å²) in [5.41, 5.74) is 1.07. The van der Waals surface area contributed by atoms with Crippen molar-refractivity contribution in [2.45, 2.75) is 11.9 Å². The summed E-state index contributed by atoms with van der Waals surface area (Å²) < 4.78 is 3.24. The summed E-state index contributed by atoms with van der Waals surface area (Å²) in [5, 5.41) is 2.91. The minimum atomic E-state index is 0.814. The topological polar surface area (TPSA) is 17.8 Å². The predicted octanol–water partition coefficient (Wildman–Crippen LogP) is 3.65. The van der Waals surface area contributed by atoms with E-state index in [0.29, 0.717) is 0 Å².